The van der Waals surface area contributed by atoms with E-state index in [1.54, 1.807) is 0 Å². The lowest BCUT2D eigenvalue weighted by atomic mass is 10.3. The number of hydrogen-bond acceptors (Lipinski definition) is 5. The molecule has 0 aromatic carbocycles. The van der Waals surface area contributed by atoms with E-state index in [9.17, 15) is 9.59 Å². The maximum absolute atomic E-state index is 10.9. The first-order valence-electron chi connectivity index (χ1n) is 4.64. The predicted molar refractivity (Wildman–Crippen MR) is 63.6 cm³/mol. The third kappa shape index (κ3) is 4.24. The number of esters is 1. The van der Waals surface area contributed by atoms with Crippen LogP contribution < -0.4 is 0 Å². The molecule has 0 aliphatic carbocycles. The number of halogens is 1. The van der Waals surface area contributed by atoms with E-state index >= 15 is 0 Å². The number of carbonyl (C=O) groups excluding carboxylic acids is 1. The molecule has 17 heavy (non-hydrogen) atoms. The zero-order valence-corrected chi connectivity index (χ0v) is 10.5. The lowest BCUT2D eigenvalue weighted by Crippen LogP contribution is -2.04. The predicted octanol–water partition coefficient (Wildman–Crippen LogP) is 2.09. The number of hydrogen-bond donors (Lipinski definition) is 1. The van der Waals surface area contributed by atoms with Crippen molar-refractivity contribution in [3.8, 4) is 0 Å². The first-order chi connectivity index (χ1) is 8.04. The Morgan fingerprint density at radius 2 is 2.24 bits per heavy atom. The average molecular weight is 276 g/mol. The number of thioether (sulfide) groups is 1. The van der Waals surface area contributed by atoms with Gasteiger partial charge in [0.05, 0.1) is 19.1 Å². The second kappa shape index (κ2) is 6.46. The normalized spacial score (nSPS) is 10.0. The van der Waals surface area contributed by atoms with E-state index in [1.165, 1.54) is 19.2 Å². The average Bonchev–Trinajstić information content (AvgIpc) is 2.28. The summed E-state index contributed by atoms with van der Waals surface area (Å²) in [6, 6.07) is 2.80. The van der Waals surface area contributed by atoms with Crippen LogP contribution in [0.5, 0.6) is 0 Å². The molecule has 1 N–H and O–H groups in total. The molecular formula is C10H10ClNO4S. The Kier molecular flexibility index (Phi) is 5.24. The van der Waals surface area contributed by atoms with Crippen LogP contribution in [0.15, 0.2) is 17.2 Å². The number of rotatable bonds is 5. The highest BCUT2D eigenvalue weighted by Gasteiger charge is 2.13. The minimum atomic E-state index is -1.07. The van der Waals surface area contributed by atoms with Crippen LogP contribution in [-0.4, -0.2) is 34.9 Å². The molecule has 1 heterocycles. The molecule has 0 bridgehead atoms. The minimum absolute atomic E-state index is 0.0734. The van der Waals surface area contributed by atoms with Gasteiger partial charge in [0, 0.05) is 5.75 Å². The van der Waals surface area contributed by atoms with E-state index in [4.69, 9.17) is 16.7 Å². The third-order valence-electron chi connectivity index (χ3n) is 1.83. The number of nitrogens with zero attached hydrogens (tertiary/aromatic N) is 1. The molecule has 1 aromatic rings. The molecule has 0 spiro atoms. The first kappa shape index (κ1) is 13.8. The lowest BCUT2D eigenvalue weighted by molar-refractivity contribution is -0.140. The van der Waals surface area contributed by atoms with Crippen molar-refractivity contribution in [2.75, 3.05) is 12.9 Å². The molecule has 0 saturated heterocycles. The van der Waals surface area contributed by atoms with Crippen molar-refractivity contribution in [2.45, 2.75) is 11.4 Å². The highest BCUT2D eigenvalue weighted by atomic mass is 35.5. The smallest absolute Gasteiger partial charge is 0.338 e. The molecule has 0 atom stereocenters. The van der Waals surface area contributed by atoms with Gasteiger partial charge in [-0.1, -0.05) is 11.6 Å². The number of carboxylic acids is 1. The van der Waals surface area contributed by atoms with Crippen LogP contribution in [0.25, 0.3) is 0 Å². The van der Waals surface area contributed by atoms with E-state index in [-0.39, 0.29) is 23.1 Å². The summed E-state index contributed by atoms with van der Waals surface area (Å²) in [7, 11) is 1.30. The van der Waals surface area contributed by atoms with Crippen molar-refractivity contribution in [3.05, 3.63) is 22.8 Å². The van der Waals surface area contributed by atoms with Crippen LogP contribution in [-0.2, 0) is 9.53 Å². The van der Waals surface area contributed by atoms with Crippen molar-refractivity contribution in [3.63, 3.8) is 0 Å². The molecule has 1 aromatic heterocycles. The Labute approximate surface area is 107 Å². The van der Waals surface area contributed by atoms with E-state index < -0.39 is 5.97 Å². The molecule has 92 valence electrons. The summed E-state index contributed by atoms with van der Waals surface area (Å²) in [5.41, 5.74) is 0.0734. The monoisotopic (exact) mass is 275 g/mol. The molecule has 0 aliphatic heterocycles. The fraction of sp³-hybridized carbons (Fsp3) is 0.300. The number of pyridine rings is 1. The maximum Gasteiger partial charge on any atom is 0.338 e. The first-order valence-corrected chi connectivity index (χ1v) is 6.00. The molecule has 7 heteroatoms. The molecule has 0 amide bonds. The van der Waals surface area contributed by atoms with Crippen LogP contribution in [0.2, 0.25) is 5.15 Å². The SMILES string of the molecule is COC(=O)CCSc1nc(Cl)ccc1C(=O)O. The van der Waals surface area contributed by atoms with E-state index in [0.717, 1.165) is 11.8 Å². The highest BCUT2D eigenvalue weighted by molar-refractivity contribution is 7.99. The molecule has 1 rings (SSSR count). The van der Waals surface area contributed by atoms with Crippen molar-refractivity contribution in [2.24, 2.45) is 0 Å². The van der Waals surface area contributed by atoms with Gasteiger partial charge in [-0.2, -0.15) is 0 Å². The van der Waals surface area contributed by atoms with Gasteiger partial charge in [0.15, 0.2) is 0 Å². The summed E-state index contributed by atoms with van der Waals surface area (Å²) in [5.74, 6) is -1.04. The van der Waals surface area contributed by atoms with Crippen molar-refractivity contribution >= 4 is 35.3 Å². The second-order valence-corrected chi connectivity index (χ2v) is 4.44. The van der Waals surface area contributed by atoms with E-state index in [1.807, 2.05) is 0 Å². The number of carbonyl (C=O) groups is 2. The van der Waals surface area contributed by atoms with Gasteiger partial charge in [-0.15, -0.1) is 11.8 Å². The Morgan fingerprint density at radius 3 is 2.82 bits per heavy atom. The van der Waals surface area contributed by atoms with E-state index in [0.29, 0.717) is 10.8 Å². The Balaban J connectivity index is 2.72. The summed E-state index contributed by atoms with van der Waals surface area (Å²) in [6.45, 7) is 0. The Hall–Kier alpha value is -1.27. The molecule has 5 nitrogen and oxygen atoms in total. The van der Waals surface area contributed by atoms with Crippen molar-refractivity contribution < 1.29 is 19.4 Å². The van der Waals surface area contributed by atoms with Crippen LogP contribution in [0.1, 0.15) is 16.8 Å². The lowest BCUT2D eigenvalue weighted by Gasteiger charge is -2.04. The molecule has 0 radical (unpaired) electrons. The van der Waals surface area contributed by atoms with Crippen LogP contribution >= 0.6 is 23.4 Å². The highest BCUT2D eigenvalue weighted by Crippen LogP contribution is 2.23. The summed E-state index contributed by atoms with van der Waals surface area (Å²) in [5, 5.41) is 9.44. The zero-order valence-electron chi connectivity index (χ0n) is 8.97. The summed E-state index contributed by atoms with van der Waals surface area (Å²) in [6.07, 6.45) is 0.189. The largest absolute Gasteiger partial charge is 0.478 e. The number of methoxy groups -OCH3 is 1. The standard InChI is InChI=1S/C10H10ClNO4S/c1-16-8(13)4-5-17-9-6(10(14)15)2-3-7(11)12-9/h2-3H,4-5H2,1H3,(H,14,15). The van der Waals surface area contributed by atoms with Crippen LogP contribution in [0.3, 0.4) is 0 Å². The number of aromatic carboxylic acids is 1. The van der Waals surface area contributed by atoms with Gasteiger partial charge in [-0.25, -0.2) is 9.78 Å². The van der Waals surface area contributed by atoms with E-state index in [2.05, 4.69) is 9.72 Å². The molecule has 0 aliphatic rings. The van der Waals surface area contributed by atoms with Gasteiger partial charge >= 0.3 is 11.9 Å². The van der Waals surface area contributed by atoms with Crippen molar-refractivity contribution in [1.82, 2.24) is 4.98 Å². The van der Waals surface area contributed by atoms with Gasteiger partial charge < -0.3 is 9.84 Å². The minimum Gasteiger partial charge on any atom is -0.478 e. The zero-order chi connectivity index (χ0) is 12.8. The Morgan fingerprint density at radius 1 is 1.53 bits per heavy atom. The third-order valence-corrected chi connectivity index (χ3v) is 3.03. The molecule has 0 unspecified atom stereocenters. The fourth-order valence-electron chi connectivity index (χ4n) is 1.02. The van der Waals surface area contributed by atoms with Gasteiger partial charge in [-0.05, 0) is 12.1 Å². The molecule has 0 fully saturated rings. The van der Waals surface area contributed by atoms with Gasteiger partial charge in [0.2, 0.25) is 0 Å². The summed E-state index contributed by atoms with van der Waals surface area (Å²) in [4.78, 5) is 25.7. The van der Waals surface area contributed by atoms with Crippen LogP contribution in [0, 0.1) is 0 Å². The second-order valence-electron chi connectivity index (χ2n) is 2.97. The maximum atomic E-state index is 10.9. The molecular weight excluding hydrogens is 266 g/mol. The van der Waals surface area contributed by atoms with Gasteiger partial charge in [0.1, 0.15) is 10.2 Å². The van der Waals surface area contributed by atoms with Gasteiger partial charge in [0.25, 0.3) is 0 Å². The summed E-state index contributed by atoms with van der Waals surface area (Å²) >= 11 is 6.84. The number of aromatic nitrogens is 1. The van der Waals surface area contributed by atoms with Crippen LogP contribution in [0.4, 0.5) is 0 Å². The van der Waals surface area contributed by atoms with Gasteiger partial charge in [-0.3, -0.25) is 4.79 Å². The quantitative estimate of drug-likeness (QED) is 0.504. The number of ether oxygens (including phenoxy) is 1. The topological polar surface area (TPSA) is 76.5 Å². The summed E-state index contributed by atoms with van der Waals surface area (Å²) < 4.78 is 4.47. The molecule has 0 saturated carbocycles. The number of carboxylic acid groups (broad SMARTS) is 1. The Bertz CT molecular complexity index is 438. The fourth-order valence-corrected chi connectivity index (χ4v) is 2.16. The van der Waals surface area contributed by atoms with Crippen molar-refractivity contribution in [1.29, 1.82) is 0 Å².